The molecule has 26 heavy (non-hydrogen) atoms. The normalized spacial score (nSPS) is 17.0. The van der Waals surface area contributed by atoms with E-state index < -0.39 is 15.8 Å². The minimum atomic E-state index is -3.56. The van der Waals surface area contributed by atoms with Crippen LogP contribution in [0.2, 0.25) is 0 Å². The second-order valence-electron chi connectivity index (χ2n) is 6.39. The molecule has 1 saturated heterocycles. The highest BCUT2D eigenvalue weighted by Gasteiger charge is 2.28. The average molecular weight is 391 g/mol. The van der Waals surface area contributed by atoms with Gasteiger partial charge in [0.1, 0.15) is 5.82 Å². The number of thiophene rings is 1. The molecule has 136 valence electrons. The van der Waals surface area contributed by atoms with Gasteiger partial charge in [0.25, 0.3) is 0 Å². The summed E-state index contributed by atoms with van der Waals surface area (Å²) in [5.74, 6) is -0.434. The summed E-state index contributed by atoms with van der Waals surface area (Å²) in [4.78, 5) is 2.43. The molecule has 0 saturated carbocycles. The molecule has 0 spiro atoms. The maximum absolute atomic E-state index is 13.0. The highest BCUT2D eigenvalue weighted by Crippen LogP contribution is 2.27. The van der Waals surface area contributed by atoms with Crippen LogP contribution in [0.1, 0.15) is 5.56 Å². The second-order valence-corrected chi connectivity index (χ2v) is 9.24. The maximum Gasteiger partial charge on any atom is 0.243 e. The number of halogens is 1. The van der Waals surface area contributed by atoms with Crippen LogP contribution in [0.4, 0.5) is 4.39 Å². The van der Waals surface area contributed by atoms with Crippen LogP contribution in [0, 0.1) is 5.82 Å². The standard InChI is InChI=1S/C19H19FN2O2S2/c20-16-5-7-17(8-6-16)26(23,24)22-11-9-21(10-12-22)13-15-14-25-19-4-2-1-3-18(15)19/h1-8,14H,9-13H2. The molecule has 0 unspecified atom stereocenters. The quantitative estimate of drug-likeness (QED) is 0.684. The third-order valence-corrected chi connectivity index (χ3v) is 7.66. The number of piperazine rings is 1. The molecular weight excluding hydrogens is 371 g/mol. The summed E-state index contributed by atoms with van der Waals surface area (Å²) in [6, 6.07) is 13.4. The van der Waals surface area contributed by atoms with E-state index in [0.29, 0.717) is 26.2 Å². The van der Waals surface area contributed by atoms with Crippen molar-refractivity contribution >= 4 is 31.4 Å². The van der Waals surface area contributed by atoms with Crippen LogP contribution in [-0.2, 0) is 16.6 Å². The van der Waals surface area contributed by atoms with Gasteiger partial charge in [-0.25, -0.2) is 12.8 Å². The van der Waals surface area contributed by atoms with E-state index in [2.05, 4.69) is 22.4 Å². The first-order valence-electron chi connectivity index (χ1n) is 8.47. The van der Waals surface area contributed by atoms with Crippen molar-refractivity contribution in [2.24, 2.45) is 0 Å². The molecule has 0 N–H and O–H groups in total. The van der Waals surface area contributed by atoms with E-state index in [4.69, 9.17) is 0 Å². The minimum Gasteiger partial charge on any atom is -0.296 e. The van der Waals surface area contributed by atoms with Gasteiger partial charge in [0.2, 0.25) is 10.0 Å². The Morgan fingerprint density at radius 3 is 2.38 bits per heavy atom. The molecule has 0 aliphatic carbocycles. The topological polar surface area (TPSA) is 40.6 Å². The Morgan fingerprint density at radius 1 is 0.962 bits per heavy atom. The summed E-state index contributed by atoms with van der Waals surface area (Å²) in [5.41, 5.74) is 1.29. The molecule has 1 aliphatic rings. The number of rotatable bonds is 4. The van der Waals surface area contributed by atoms with Gasteiger partial charge in [-0.3, -0.25) is 4.90 Å². The number of hydrogen-bond acceptors (Lipinski definition) is 4. The largest absolute Gasteiger partial charge is 0.296 e. The van der Waals surface area contributed by atoms with Crippen LogP contribution >= 0.6 is 11.3 Å². The fourth-order valence-corrected chi connectivity index (χ4v) is 5.66. The lowest BCUT2D eigenvalue weighted by molar-refractivity contribution is 0.182. The summed E-state index contributed by atoms with van der Waals surface area (Å²) >= 11 is 1.74. The van der Waals surface area contributed by atoms with Gasteiger partial charge in [-0.05, 0) is 46.7 Å². The molecular formula is C19H19FN2O2S2. The van der Waals surface area contributed by atoms with E-state index in [1.165, 1.54) is 44.2 Å². The summed E-state index contributed by atoms with van der Waals surface area (Å²) in [6.07, 6.45) is 0. The Morgan fingerprint density at radius 2 is 1.65 bits per heavy atom. The van der Waals surface area contributed by atoms with Crippen LogP contribution in [0.25, 0.3) is 10.1 Å². The first kappa shape index (κ1) is 17.6. The highest BCUT2D eigenvalue weighted by atomic mass is 32.2. The SMILES string of the molecule is O=S(=O)(c1ccc(F)cc1)N1CCN(Cc2csc3ccccc23)CC1. The summed E-state index contributed by atoms with van der Waals surface area (Å²) in [6.45, 7) is 3.09. The highest BCUT2D eigenvalue weighted by molar-refractivity contribution is 7.89. The minimum absolute atomic E-state index is 0.149. The number of benzene rings is 2. The Hall–Kier alpha value is -1.80. The zero-order valence-electron chi connectivity index (χ0n) is 14.1. The van der Waals surface area contributed by atoms with E-state index in [0.717, 1.165) is 6.54 Å². The molecule has 0 radical (unpaired) electrons. The number of fused-ring (bicyclic) bond motifs is 1. The van der Waals surface area contributed by atoms with Crippen molar-refractivity contribution in [3.05, 3.63) is 65.3 Å². The fraction of sp³-hybridized carbons (Fsp3) is 0.263. The Bertz CT molecular complexity index is 1010. The van der Waals surface area contributed by atoms with E-state index in [1.54, 1.807) is 11.3 Å². The lowest BCUT2D eigenvalue weighted by Crippen LogP contribution is -2.48. The van der Waals surface area contributed by atoms with E-state index >= 15 is 0 Å². The predicted octanol–water partition coefficient (Wildman–Crippen LogP) is 3.55. The van der Waals surface area contributed by atoms with E-state index in [9.17, 15) is 12.8 Å². The molecule has 0 amide bonds. The van der Waals surface area contributed by atoms with Crippen LogP contribution < -0.4 is 0 Å². The van der Waals surface area contributed by atoms with E-state index in [1.807, 2.05) is 12.1 Å². The van der Waals surface area contributed by atoms with Gasteiger partial charge in [-0.15, -0.1) is 11.3 Å². The molecule has 1 aliphatic heterocycles. The number of nitrogens with zero attached hydrogens (tertiary/aromatic N) is 2. The summed E-state index contributed by atoms with van der Waals surface area (Å²) < 4.78 is 41.2. The van der Waals surface area contributed by atoms with Gasteiger partial charge in [-0.2, -0.15) is 4.31 Å². The van der Waals surface area contributed by atoms with Crippen LogP contribution in [0.5, 0.6) is 0 Å². The van der Waals surface area contributed by atoms with Gasteiger partial charge in [-0.1, -0.05) is 18.2 Å². The molecule has 4 nitrogen and oxygen atoms in total. The van der Waals surface area contributed by atoms with Crippen molar-refractivity contribution in [1.29, 1.82) is 0 Å². The Labute approximate surface area is 156 Å². The van der Waals surface area contributed by atoms with Gasteiger partial charge in [0, 0.05) is 37.4 Å². The van der Waals surface area contributed by atoms with Gasteiger partial charge < -0.3 is 0 Å². The van der Waals surface area contributed by atoms with Crippen molar-refractivity contribution in [3.8, 4) is 0 Å². The monoisotopic (exact) mass is 390 g/mol. The average Bonchev–Trinajstić information content (AvgIpc) is 3.06. The maximum atomic E-state index is 13.0. The predicted molar refractivity (Wildman–Crippen MR) is 102 cm³/mol. The molecule has 2 aromatic carbocycles. The van der Waals surface area contributed by atoms with Crippen LogP contribution in [-0.4, -0.2) is 43.8 Å². The summed E-state index contributed by atoms with van der Waals surface area (Å²) in [5, 5.41) is 3.46. The second kappa shape index (κ2) is 7.08. The summed E-state index contributed by atoms with van der Waals surface area (Å²) in [7, 11) is -3.56. The number of hydrogen-bond donors (Lipinski definition) is 0. The molecule has 1 fully saturated rings. The lowest BCUT2D eigenvalue weighted by Gasteiger charge is -2.33. The molecule has 1 aromatic heterocycles. The molecule has 0 atom stereocenters. The van der Waals surface area contributed by atoms with Crippen LogP contribution in [0.15, 0.2) is 58.8 Å². The van der Waals surface area contributed by atoms with Crippen molar-refractivity contribution < 1.29 is 12.8 Å². The third-order valence-electron chi connectivity index (χ3n) is 4.74. The van der Waals surface area contributed by atoms with Gasteiger partial charge >= 0.3 is 0 Å². The zero-order chi connectivity index (χ0) is 18.1. The Kier molecular flexibility index (Phi) is 4.79. The fourth-order valence-electron chi connectivity index (χ4n) is 3.28. The van der Waals surface area contributed by atoms with Crippen molar-refractivity contribution in [2.75, 3.05) is 26.2 Å². The smallest absolute Gasteiger partial charge is 0.243 e. The molecule has 3 aromatic rings. The third kappa shape index (κ3) is 3.40. The number of sulfonamides is 1. The molecule has 0 bridgehead atoms. The molecule has 7 heteroatoms. The lowest BCUT2D eigenvalue weighted by atomic mass is 10.1. The van der Waals surface area contributed by atoms with Crippen molar-refractivity contribution in [1.82, 2.24) is 9.21 Å². The van der Waals surface area contributed by atoms with Crippen LogP contribution in [0.3, 0.4) is 0 Å². The van der Waals surface area contributed by atoms with Gasteiger partial charge in [0.05, 0.1) is 4.90 Å². The molecule has 2 heterocycles. The zero-order valence-corrected chi connectivity index (χ0v) is 15.8. The van der Waals surface area contributed by atoms with Gasteiger partial charge in [0.15, 0.2) is 0 Å². The molecule has 4 rings (SSSR count). The first-order chi connectivity index (χ1) is 12.5. The first-order valence-corrected chi connectivity index (χ1v) is 10.8. The Balaban J connectivity index is 1.43. The van der Waals surface area contributed by atoms with Crippen molar-refractivity contribution in [3.63, 3.8) is 0 Å². The van der Waals surface area contributed by atoms with E-state index in [-0.39, 0.29) is 4.90 Å². The van der Waals surface area contributed by atoms with Crippen molar-refractivity contribution in [2.45, 2.75) is 11.4 Å².